The molecule has 43 heavy (non-hydrogen) atoms. The Balaban J connectivity index is 1.59. The molecule has 1 aliphatic rings. The maximum Gasteiger partial charge on any atom is 0.239 e. The summed E-state index contributed by atoms with van der Waals surface area (Å²) in [6, 6.07) is 12.8. The van der Waals surface area contributed by atoms with Crippen molar-refractivity contribution in [2.24, 2.45) is 0 Å². The highest BCUT2D eigenvalue weighted by Crippen LogP contribution is 2.44. The molecule has 2 unspecified atom stereocenters. The molecule has 5 rings (SSSR count). The Morgan fingerprint density at radius 1 is 0.860 bits per heavy atom. The Morgan fingerprint density at radius 3 is 2.35 bits per heavy atom. The first-order valence-corrected chi connectivity index (χ1v) is 14.4. The fraction of sp³-hybridized carbons (Fsp3) is 0.364. The van der Waals surface area contributed by atoms with Crippen LogP contribution >= 0.6 is 0 Å². The van der Waals surface area contributed by atoms with Gasteiger partial charge in [-0.25, -0.2) is 0 Å². The molecule has 10 nitrogen and oxygen atoms in total. The molecule has 0 bridgehead atoms. The quantitative estimate of drug-likeness (QED) is 0.165. The smallest absolute Gasteiger partial charge is 0.239 e. The van der Waals surface area contributed by atoms with Gasteiger partial charge in [-0.05, 0) is 43.2 Å². The molecule has 1 aliphatic heterocycles. The van der Waals surface area contributed by atoms with Gasteiger partial charge < -0.3 is 43.4 Å². The lowest BCUT2D eigenvalue weighted by Crippen LogP contribution is -2.36. The van der Waals surface area contributed by atoms with Crippen molar-refractivity contribution >= 4 is 11.0 Å². The molecule has 2 atom stereocenters. The summed E-state index contributed by atoms with van der Waals surface area (Å²) in [5, 5.41) is 30.9. The van der Waals surface area contributed by atoms with Crippen LogP contribution in [0.1, 0.15) is 51.2 Å². The predicted molar refractivity (Wildman–Crippen MR) is 160 cm³/mol. The van der Waals surface area contributed by atoms with E-state index in [0.29, 0.717) is 41.4 Å². The zero-order valence-corrected chi connectivity index (χ0v) is 24.4. The molecule has 0 saturated carbocycles. The van der Waals surface area contributed by atoms with Crippen molar-refractivity contribution in [3.8, 4) is 51.6 Å². The number of hydrogen-bond acceptors (Lipinski definition) is 10. The van der Waals surface area contributed by atoms with Gasteiger partial charge >= 0.3 is 0 Å². The van der Waals surface area contributed by atoms with Crippen LogP contribution < -0.4 is 29.1 Å². The van der Waals surface area contributed by atoms with Gasteiger partial charge in [0.25, 0.3) is 0 Å². The van der Waals surface area contributed by atoms with E-state index in [1.165, 1.54) is 19.2 Å². The zero-order chi connectivity index (χ0) is 30.5. The summed E-state index contributed by atoms with van der Waals surface area (Å²) in [6.07, 6.45) is 1.90. The number of hydrogen-bond donors (Lipinski definition) is 3. The second-order valence-electron chi connectivity index (χ2n) is 10.3. The lowest BCUT2D eigenvalue weighted by molar-refractivity contribution is -0.0123. The van der Waals surface area contributed by atoms with Crippen LogP contribution in [-0.2, 0) is 0 Å². The minimum absolute atomic E-state index is 0.00256. The van der Waals surface area contributed by atoms with E-state index in [4.69, 9.17) is 28.1 Å². The summed E-state index contributed by atoms with van der Waals surface area (Å²) in [5.74, 6) is 1.23. The van der Waals surface area contributed by atoms with Gasteiger partial charge in [0.15, 0.2) is 41.0 Å². The van der Waals surface area contributed by atoms with Crippen molar-refractivity contribution in [1.29, 1.82) is 0 Å². The fourth-order valence-electron chi connectivity index (χ4n) is 4.88. The average Bonchev–Trinajstić information content (AvgIpc) is 3.01. The number of fused-ring (bicyclic) bond motifs is 2. The molecule has 3 N–H and O–H groups in total. The van der Waals surface area contributed by atoms with Gasteiger partial charge in [-0.1, -0.05) is 32.8 Å². The first kappa shape index (κ1) is 29.9. The summed E-state index contributed by atoms with van der Waals surface area (Å²) < 4.78 is 35.6. The number of methoxy groups -OCH3 is 1. The third-order valence-electron chi connectivity index (χ3n) is 7.21. The summed E-state index contributed by atoms with van der Waals surface area (Å²) in [4.78, 5) is 13.7. The third-order valence-corrected chi connectivity index (χ3v) is 7.21. The SMILES string of the molecule is CCCCOc1cc(O)c2c(=O)c(OCCCC)c(-c3ccc4c(c3)OC(c3ccc(O)c(OC)c3)C(CO)O4)oc2c1. The van der Waals surface area contributed by atoms with Gasteiger partial charge in [-0.15, -0.1) is 0 Å². The van der Waals surface area contributed by atoms with Crippen molar-refractivity contribution in [3.05, 3.63) is 64.3 Å². The molecule has 0 saturated heterocycles. The molecule has 228 valence electrons. The molecule has 3 aromatic carbocycles. The Kier molecular flexibility index (Phi) is 9.16. The molecule has 0 aliphatic carbocycles. The van der Waals surface area contributed by atoms with Crippen molar-refractivity contribution in [2.45, 2.75) is 51.7 Å². The molecule has 0 radical (unpaired) electrons. The minimum Gasteiger partial charge on any atom is -0.507 e. The van der Waals surface area contributed by atoms with Gasteiger partial charge in [0.05, 0.1) is 26.9 Å². The number of rotatable bonds is 12. The van der Waals surface area contributed by atoms with E-state index >= 15 is 0 Å². The standard InChI is InChI=1S/C33H36O10/c1-4-6-12-39-21-16-23(36)29-27(17-21)43-32(33(30(29)37)40-13-7-5-2)20-9-11-24-26(15-20)42-31(28(18-34)41-24)19-8-10-22(35)25(14-19)38-3/h8-11,14-17,28,31,34-36H,4-7,12-13,18H2,1-3H3. The molecular formula is C33H36O10. The molecular weight excluding hydrogens is 556 g/mol. The monoisotopic (exact) mass is 592 g/mol. The number of phenolic OH excluding ortho intramolecular Hbond substituents is 2. The van der Waals surface area contributed by atoms with Gasteiger partial charge in [0.1, 0.15) is 22.5 Å². The summed E-state index contributed by atoms with van der Waals surface area (Å²) >= 11 is 0. The molecule has 0 fully saturated rings. The normalized spacial score (nSPS) is 15.8. The molecule has 4 aromatic rings. The second kappa shape index (κ2) is 13.2. The number of aromatic hydroxyl groups is 2. The van der Waals surface area contributed by atoms with E-state index in [1.54, 1.807) is 36.4 Å². The first-order chi connectivity index (χ1) is 20.9. The Labute approximate surface area is 249 Å². The third kappa shape index (κ3) is 6.15. The van der Waals surface area contributed by atoms with Gasteiger partial charge in [0, 0.05) is 23.3 Å². The predicted octanol–water partition coefficient (Wildman–Crippen LogP) is 6.11. The lowest BCUT2D eigenvalue weighted by Gasteiger charge is -2.33. The number of benzene rings is 3. The molecule has 10 heteroatoms. The summed E-state index contributed by atoms with van der Waals surface area (Å²) in [5.41, 5.74) is 0.749. The molecule has 0 amide bonds. The summed E-state index contributed by atoms with van der Waals surface area (Å²) in [7, 11) is 1.44. The van der Waals surface area contributed by atoms with Crippen LogP contribution in [0.15, 0.2) is 57.7 Å². The average molecular weight is 593 g/mol. The topological polar surface area (TPSA) is 137 Å². The van der Waals surface area contributed by atoms with E-state index in [1.807, 2.05) is 13.8 Å². The number of aliphatic hydroxyl groups is 1. The minimum atomic E-state index is -0.731. The Morgan fingerprint density at radius 2 is 1.63 bits per heavy atom. The van der Waals surface area contributed by atoms with Crippen molar-refractivity contribution in [1.82, 2.24) is 0 Å². The van der Waals surface area contributed by atoms with Crippen LogP contribution in [0.5, 0.6) is 40.2 Å². The van der Waals surface area contributed by atoms with Gasteiger partial charge in [-0.2, -0.15) is 0 Å². The number of ether oxygens (including phenoxy) is 5. The maximum atomic E-state index is 13.7. The number of unbranched alkanes of at least 4 members (excludes halogenated alkanes) is 2. The van der Waals surface area contributed by atoms with Crippen molar-refractivity contribution < 1.29 is 43.4 Å². The number of aliphatic hydroxyl groups excluding tert-OH is 1. The van der Waals surface area contributed by atoms with E-state index in [9.17, 15) is 20.1 Å². The highest BCUT2D eigenvalue weighted by Gasteiger charge is 2.34. The van der Waals surface area contributed by atoms with Crippen molar-refractivity contribution in [3.63, 3.8) is 0 Å². The molecule has 2 heterocycles. The number of phenols is 2. The van der Waals surface area contributed by atoms with Crippen LogP contribution in [-0.4, -0.2) is 48.4 Å². The molecule has 1 aromatic heterocycles. The molecule has 0 spiro atoms. The van der Waals surface area contributed by atoms with Gasteiger partial charge in [-0.3, -0.25) is 4.79 Å². The first-order valence-electron chi connectivity index (χ1n) is 14.4. The van der Waals surface area contributed by atoms with Crippen LogP contribution in [0, 0.1) is 0 Å². The Hall–Kier alpha value is -4.57. The highest BCUT2D eigenvalue weighted by atomic mass is 16.6. The van der Waals surface area contributed by atoms with Gasteiger partial charge in [0.2, 0.25) is 11.2 Å². The van der Waals surface area contributed by atoms with Crippen molar-refractivity contribution in [2.75, 3.05) is 26.9 Å². The zero-order valence-electron chi connectivity index (χ0n) is 24.4. The van der Waals surface area contributed by atoms with E-state index in [0.717, 1.165) is 19.3 Å². The largest absolute Gasteiger partial charge is 0.507 e. The van der Waals surface area contributed by atoms with Crippen LogP contribution in [0.25, 0.3) is 22.3 Å². The Bertz CT molecular complexity index is 1640. The summed E-state index contributed by atoms with van der Waals surface area (Å²) in [6.45, 7) is 4.48. The van der Waals surface area contributed by atoms with E-state index in [2.05, 4.69) is 0 Å². The van der Waals surface area contributed by atoms with Crippen LogP contribution in [0.2, 0.25) is 0 Å². The maximum absolute atomic E-state index is 13.7. The second-order valence-corrected chi connectivity index (χ2v) is 10.3. The van der Waals surface area contributed by atoms with Crippen LogP contribution in [0.4, 0.5) is 0 Å². The lowest BCUT2D eigenvalue weighted by atomic mass is 10.0. The highest BCUT2D eigenvalue weighted by molar-refractivity contribution is 5.88. The van der Waals surface area contributed by atoms with Crippen LogP contribution in [0.3, 0.4) is 0 Å². The van der Waals surface area contributed by atoms with E-state index in [-0.39, 0.29) is 52.9 Å². The fourth-order valence-corrected chi connectivity index (χ4v) is 4.88. The van der Waals surface area contributed by atoms with E-state index < -0.39 is 17.6 Å².